The summed E-state index contributed by atoms with van der Waals surface area (Å²) >= 11 is 1.14. The van der Waals surface area contributed by atoms with Crippen LogP contribution in [0.3, 0.4) is 0 Å². The number of amides is 2. The van der Waals surface area contributed by atoms with Gasteiger partial charge in [-0.05, 0) is 51.4 Å². The van der Waals surface area contributed by atoms with E-state index in [0.29, 0.717) is 18.0 Å². The summed E-state index contributed by atoms with van der Waals surface area (Å²) in [6.07, 6.45) is 35.2. The number of anilines is 1. The van der Waals surface area contributed by atoms with E-state index in [1.807, 2.05) is 0 Å². The Hall–Kier alpha value is -3.29. The zero-order valence-corrected chi connectivity index (χ0v) is 54.3. The quantitative estimate of drug-likeness (QED) is 0.0169. The van der Waals surface area contributed by atoms with Crippen molar-refractivity contribution in [2.45, 2.75) is 244 Å². The Morgan fingerprint density at radius 2 is 1.26 bits per heavy atom. The third kappa shape index (κ3) is 33.5. The van der Waals surface area contributed by atoms with Crippen LogP contribution >= 0.6 is 35.2 Å². The van der Waals surface area contributed by atoms with E-state index in [4.69, 9.17) is 19.5 Å². The highest BCUT2D eigenvalue weighted by atomic mass is 32.2. The number of nitrogen functional groups attached to an aromatic ring is 1. The zero-order chi connectivity index (χ0) is 63.3. The molecule has 492 valence electrons. The van der Waals surface area contributed by atoms with Crippen molar-refractivity contribution < 1.29 is 85.3 Å². The predicted molar refractivity (Wildman–Crippen MR) is 330 cm³/mol. The summed E-state index contributed by atoms with van der Waals surface area (Å²) in [6.45, 7) is 2.80. The van der Waals surface area contributed by atoms with Crippen molar-refractivity contribution in [2.24, 2.45) is 5.41 Å². The van der Waals surface area contributed by atoms with E-state index in [2.05, 4.69) is 65.6 Å². The number of aliphatic hydroxyl groups is 2. The van der Waals surface area contributed by atoms with Gasteiger partial charge in [0.2, 0.25) is 11.8 Å². The Labute approximate surface area is 512 Å². The number of aromatic nitrogens is 4. The van der Waals surface area contributed by atoms with Crippen LogP contribution < -0.4 is 16.4 Å². The molecule has 0 spiro atoms. The fourth-order valence-electron chi connectivity index (χ4n) is 9.52. The van der Waals surface area contributed by atoms with Gasteiger partial charge in [0, 0.05) is 49.9 Å². The first kappa shape index (κ1) is 77.0. The molecule has 1 aliphatic heterocycles. The van der Waals surface area contributed by atoms with E-state index >= 15 is 0 Å². The first-order valence-corrected chi connectivity index (χ1v) is 36.3. The molecular formula is C57H100N7O18P3S. The van der Waals surface area contributed by atoms with Gasteiger partial charge in [-0.1, -0.05) is 172 Å². The Morgan fingerprint density at radius 3 is 1.84 bits per heavy atom. The molecule has 0 saturated carbocycles. The van der Waals surface area contributed by atoms with E-state index in [-0.39, 0.29) is 41.6 Å². The highest BCUT2D eigenvalue weighted by Crippen LogP contribution is 2.61. The van der Waals surface area contributed by atoms with Gasteiger partial charge in [-0.25, -0.2) is 28.6 Å². The highest BCUT2D eigenvalue weighted by Gasteiger charge is 2.50. The molecule has 0 bridgehead atoms. The van der Waals surface area contributed by atoms with E-state index in [9.17, 15) is 62.7 Å². The van der Waals surface area contributed by atoms with Crippen molar-refractivity contribution in [3.63, 3.8) is 0 Å². The topological polar surface area (TPSA) is 381 Å². The van der Waals surface area contributed by atoms with Gasteiger partial charge in [-0.2, -0.15) is 4.31 Å². The standard InChI is InChI=1S/C57H100N7O18P3S/c1-4-5-6-7-8-9-10-11-13-16-19-22-25-28-31-34-45(65)35-32-29-26-23-20-17-14-12-15-18-21-24-27-30-33-36-48(67)86-40-39-59-47(66)37-38-60-55(70)52(69)57(2,3)42-79-85(76,77)82-84(74,75)78-41-46-51(81-83(71,72)73)50(68)56(80-46)64-44-63-49-53(58)61-43-62-54(49)64/h12,15,17,20,43-44,46,50-52,56,68-69H,4-11,13-14,16,18-19,21-42H2,1-3H3,(H,59,66)(H,60,70)(H,74,75)(H,76,77)(H2,58,61,62)(H2,71,72,73)/b15-12-,20-17-/t46-,50-,51-,52+,56-/m1/s1. The summed E-state index contributed by atoms with van der Waals surface area (Å²) in [7, 11) is -16.4. The van der Waals surface area contributed by atoms with E-state index in [0.717, 1.165) is 119 Å². The number of hydrogen-bond acceptors (Lipinski definition) is 19. The third-order valence-corrected chi connectivity index (χ3v) is 18.5. The number of imidazole rings is 1. The summed E-state index contributed by atoms with van der Waals surface area (Å²) in [4.78, 5) is 101. The van der Waals surface area contributed by atoms with Crippen LogP contribution in [0, 0.1) is 5.41 Å². The number of nitrogens with zero attached hydrogens (tertiary/aromatic N) is 4. The van der Waals surface area contributed by atoms with Crippen molar-refractivity contribution in [1.82, 2.24) is 30.2 Å². The SMILES string of the molecule is CCCCCCCCCCCCCCCCCC(=O)CCCCC/C=C\C/C=C\CCCCCCCC(=O)SCCNC(=O)CCNC(=O)[C@H](O)C(C)(C)COP(=O)(O)OP(=O)(O)OC[C@H]1O[C@@H](n2cnc3c(N)ncnc32)[C@H](O)[C@@H]1OP(=O)(O)O. The minimum atomic E-state index is -5.59. The fraction of sp³-hybridized carbons (Fsp3) is 0.772. The third-order valence-electron chi connectivity index (χ3n) is 14.5. The maximum absolute atomic E-state index is 12.8. The maximum Gasteiger partial charge on any atom is 0.481 e. The molecule has 1 aliphatic rings. The number of nitrogens with two attached hydrogens (primary N) is 1. The molecule has 1 fully saturated rings. The zero-order valence-electron chi connectivity index (χ0n) is 50.8. The normalized spacial score (nSPS) is 18.4. The number of carbonyl (C=O) groups excluding carboxylic acids is 4. The Balaban J connectivity index is 1.14. The lowest BCUT2D eigenvalue weighted by Crippen LogP contribution is -2.46. The van der Waals surface area contributed by atoms with Crippen LogP contribution in [0.4, 0.5) is 5.82 Å². The summed E-state index contributed by atoms with van der Waals surface area (Å²) < 4.78 is 62.6. The largest absolute Gasteiger partial charge is 0.481 e. The minimum Gasteiger partial charge on any atom is -0.386 e. The number of unbranched alkanes of at least 4 members (excludes halogenated alkanes) is 22. The number of hydrogen-bond donors (Lipinski definition) is 9. The first-order valence-electron chi connectivity index (χ1n) is 30.8. The number of ether oxygens (including phenoxy) is 1. The van der Waals surface area contributed by atoms with Crippen LogP contribution in [-0.2, 0) is 55.5 Å². The summed E-state index contributed by atoms with van der Waals surface area (Å²) in [5, 5.41) is 26.7. The van der Waals surface area contributed by atoms with Crippen molar-refractivity contribution in [2.75, 3.05) is 37.8 Å². The Morgan fingerprint density at radius 1 is 0.721 bits per heavy atom. The number of nitrogens with one attached hydrogen (secondary N) is 2. The van der Waals surface area contributed by atoms with Crippen LogP contribution in [0.2, 0.25) is 0 Å². The van der Waals surface area contributed by atoms with Gasteiger partial charge in [0.05, 0.1) is 19.5 Å². The predicted octanol–water partition coefficient (Wildman–Crippen LogP) is 10.7. The second-order valence-corrected chi connectivity index (χ2v) is 28.0. The number of aliphatic hydroxyl groups excluding tert-OH is 2. The summed E-state index contributed by atoms with van der Waals surface area (Å²) in [5.41, 5.74) is 4.28. The Bertz CT molecular complexity index is 2500. The van der Waals surface area contributed by atoms with Crippen LogP contribution in [0.25, 0.3) is 11.2 Å². The van der Waals surface area contributed by atoms with Crippen LogP contribution in [-0.4, -0.2) is 128 Å². The number of phosphoric acid groups is 3. The van der Waals surface area contributed by atoms with Gasteiger partial charge < -0.3 is 50.9 Å². The van der Waals surface area contributed by atoms with Gasteiger partial charge in [-0.15, -0.1) is 0 Å². The average Bonchev–Trinajstić information content (AvgIpc) is 2.02. The molecule has 2 unspecified atom stereocenters. The Kier molecular flexibility index (Phi) is 38.2. The van der Waals surface area contributed by atoms with Crippen molar-refractivity contribution in [1.29, 1.82) is 0 Å². The number of carbonyl (C=O) groups is 4. The van der Waals surface area contributed by atoms with E-state index < -0.39 is 84.6 Å². The smallest absolute Gasteiger partial charge is 0.386 e. The molecule has 0 aliphatic carbocycles. The molecule has 25 nitrogen and oxygen atoms in total. The number of ketones is 1. The summed E-state index contributed by atoms with van der Waals surface area (Å²) in [5.74, 6) is -0.632. The average molecular weight is 1300 g/mol. The molecule has 86 heavy (non-hydrogen) atoms. The summed E-state index contributed by atoms with van der Waals surface area (Å²) in [6, 6.07) is 0. The number of phosphoric ester groups is 3. The first-order chi connectivity index (χ1) is 40.9. The van der Waals surface area contributed by atoms with Gasteiger partial charge >= 0.3 is 23.5 Å². The minimum absolute atomic E-state index is 0.0307. The molecule has 0 aromatic carbocycles. The van der Waals surface area contributed by atoms with E-state index in [1.165, 1.54) is 104 Å². The number of thioether (sulfide) groups is 1. The lowest BCUT2D eigenvalue weighted by Gasteiger charge is -2.30. The molecule has 2 aromatic heterocycles. The molecule has 0 radical (unpaired) electrons. The number of rotatable bonds is 51. The number of Topliss-reactive ketones (excluding diaryl/α,β-unsaturated/α-hetero) is 1. The van der Waals surface area contributed by atoms with Crippen molar-refractivity contribution in [3.05, 3.63) is 37.0 Å². The highest BCUT2D eigenvalue weighted by molar-refractivity contribution is 8.13. The van der Waals surface area contributed by atoms with E-state index in [1.54, 1.807) is 0 Å². The van der Waals surface area contributed by atoms with Crippen LogP contribution in [0.1, 0.15) is 220 Å². The molecule has 1 saturated heterocycles. The lowest BCUT2D eigenvalue weighted by atomic mass is 9.87. The molecule has 2 amide bonds. The fourth-order valence-corrected chi connectivity index (χ4v) is 13.1. The number of fused-ring (bicyclic) bond motifs is 1. The number of allylic oxidation sites excluding steroid dienone is 4. The van der Waals surface area contributed by atoms with Crippen LogP contribution in [0.15, 0.2) is 37.0 Å². The molecule has 29 heteroatoms. The van der Waals surface area contributed by atoms with Crippen molar-refractivity contribution >= 4 is 74.9 Å². The molecule has 2 aromatic rings. The molecule has 10 N–H and O–H groups in total. The van der Waals surface area contributed by atoms with Gasteiger partial charge in [0.15, 0.2) is 22.8 Å². The van der Waals surface area contributed by atoms with Gasteiger partial charge in [-0.3, -0.25) is 37.3 Å². The molecule has 7 atom stereocenters. The second kappa shape index (κ2) is 42.7. The molecular weight excluding hydrogens is 1200 g/mol. The maximum atomic E-state index is 12.8. The van der Waals surface area contributed by atoms with Crippen LogP contribution in [0.5, 0.6) is 0 Å². The lowest BCUT2D eigenvalue weighted by molar-refractivity contribution is -0.137. The molecule has 3 rings (SSSR count). The molecule has 3 heterocycles. The van der Waals surface area contributed by atoms with Crippen molar-refractivity contribution in [3.8, 4) is 0 Å². The van der Waals surface area contributed by atoms with Gasteiger partial charge in [0.1, 0.15) is 42.0 Å². The second-order valence-electron chi connectivity index (χ2n) is 22.6. The van der Waals surface area contributed by atoms with Gasteiger partial charge in [0.25, 0.3) is 0 Å². The monoisotopic (exact) mass is 1300 g/mol.